The average Bonchev–Trinajstić information content (AvgIpc) is 2.92. The summed E-state index contributed by atoms with van der Waals surface area (Å²) in [6, 6.07) is 7.70. The summed E-state index contributed by atoms with van der Waals surface area (Å²) in [6.07, 6.45) is 0.0462. The van der Waals surface area contributed by atoms with Gasteiger partial charge in [0.1, 0.15) is 6.10 Å². The Morgan fingerprint density at radius 2 is 2.20 bits per heavy atom. The van der Waals surface area contributed by atoms with Crippen molar-refractivity contribution in [1.82, 2.24) is 0 Å². The van der Waals surface area contributed by atoms with E-state index >= 15 is 0 Å². The van der Waals surface area contributed by atoms with Crippen molar-refractivity contribution in [1.29, 1.82) is 0 Å². The minimum Gasteiger partial charge on any atom is -0.443 e. The van der Waals surface area contributed by atoms with E-state index in [0.29, 0.717) is 0 Å². The molecule has 0 aliphatic carbocycles. The Bertz CT molecular complexity index is 766. The predicted octanol–water partition coefficient (Wildman–Crippen LogP) is 2.27. The molecular weight excluding hydrogens is 298 g/mol. The number of hydrogen-bond donors (Lipinski definition) is 0. The Kier molecular flexibility index (Phi) is 3.18. The highest BCUT2D eigenvalue weighted by molar-refractivity contribution is 7.90. The monoisotopic (exact) mass is 311 g/mol. The highest BCUT2D eigenvalue weighted by Gasteiger charge is 2.34. The number of fused-ring (bicyclic) bond motifs is 1. The third-order valence-electron chi connectivity index (χ3n) is 3.11. The number of thiophene rings is 1. The SMILES string of the molecule is CS(=O)(=O)C[C@@H]1CN(c2ccc3sccc3c2)C(=O)O1. The highest BCUT2D eigenvalue weighted by Crippen LogP contribution is 2.28. The van der Waals surface area contributed by atoms with Crippen LogP contribution in [-0.2, 0) is 14.6 Å². The molecule has 3 rings (SSSR count). The zero-order valence-corrected chi connectivity index (χ0v) is 12.4. The summed E-state index contributed by atoms with van der Waals surface area (Å²) in [6.45, 7) is 0.265. The van der Waals surface area contributed by atoms with Gasteiger partial charge >= 0.3 is 6.09 Å². The molecule has 1 aromatic carbocycles. The molecule has 2 aromatic rings. The fourth-order valence-corrected chi connectivity index (χ4v) is 3.90. The van der Waals surface area contributed by atoms with E-state index in [2.05, 4.69) is 0 Å². The number of anilines is 1. The molecule has 1 aliphatic rings. The van der Waals surface area contributed by atoms with Crippen LogP contribution >= 0.6 is 11.3 Å². The van der Waals surface area contributed by atoms with Crippen LogP contribution in [0, 0.1) is 0 Å². The first-order valence-corrected chi connectivity index (χ1v) is 8.99. The summed E-state index contributed by atoms with van der Waals surface area (Å²) in [4.78, 5) is 13.3. The number of carbonyl (C=O) groups is 1. The Balaban J connectivity index is 1.85. The maximum absolute atomic E-state index is 11.9. The fourth-order valence-electron chi connectivity index (χ4n) is 2.28. The van der Waals surface area contributed by atoms with Crippen molar-refractivity contribution in [2.75, 3.05) is 23.5 Å². The maximum Gasteiger partial charge on any atom is 0.414 e. The van der Waals surface area contributed by atoms with Crippen LogP contribution in [0.4, 0.5) is 10.5 Å². The van der Waals surface area contributed by atoms with E-state index in [9.17, 15) is 13.2 Å². The van der Waals surface area contributed by atoms with Crippen LogP contribution in [0.1, 0.15) is 0 Å². The second kappa shape index (κ2) is 4.75. The second-order valence-electron chi connectivity index (χ2n) is 4.85. The van der Waals surface area contributed by atoms with Gasteiger partial charge in [-0.1, -0.05) is 0 Å². The first kappa shape index (κ1) is 13.4. The quantitative estimate of drug-likeness (QED) is 0.872. The Labute approximate surface area is 120 Å². The van der Waals surface area contributed by atoms with Gasteiger partial charge in [-0.2, -0.15) is 0 Å². The molecule has 0 spiro atoms. The van der Waals surface area contributed by atoms with Crippen LogP contribution < -0.4 is 4.90 Å². The van der Waals surface area contributed by atoms with Crippen molar-refractivity contribution in [3.05, 3.63) is 29.6 Å². The standard InChI is InChI=1S/C13H13NO4S2/c1-20(16,17)8-11-7-14(13(15)18-11)10-2-3-12-9(6-10)4-5-19-12/h2-6,11H,7-8H2,1H3/t11-/m0/s1. The molecule has 0 saturated carbocycles. The van der Waals surface area contributed by atoms with Crippen LogP contribution in [0.15, 0.2) is 29.6 Å². The van der Waals surface area contributed by atoms with Gasteiger partial charge < -0.3 is 4.74 Å². The summed E-state index contributed by atoms with van der Waals surface area (Å²) < 4.78 is 28.8. The number of amides is 1. The lowest BCUT2D eigenvalue weighted by atomic mass is 10.2. The third kappa shape index (κ3) is 2.64. The van der Waals surface area contributed by atoms with Crippen LogP contribution in [0.2, 0.25) is 0 Å². The van der Waals surface area contributed by atoms with Gasteiger partial charge in [-0.3, -0.25) is 4.90 Å². The van der Waals surface area contributed by atoms with Gasteiger partial charge in [-0.15, -0.1) is 11.3 Å². The van der Waals surface area contributed by atoms with Gasteiger partial charge in [0, 0.05) is 16.6 Å². The van der Waals surface area contributed by atoms with Crippen molar-refractivity contribution in [2.45, 2.75) is 6.10 Å². The number of ether oxygens (including phenoxy) is 1. The first-order valence-electron chi connectivity index (χ1n) is 6.05. The Hall–Kier alpha value is -1.60. The topological polar surface area (TPSA) is 63.7 Å². The Morgan fingerprint density at radius 1 is 1.40 bits per heavy atom. The van der Waals surface area contributed by atoms with Gasteiger partial charge in [-0.05, 0) is 35.0 Å². The smallest absolute Gasteiger partial charge is 0.414 e. The molecule has 5 nitrogen and oxygen atoms in total. The van der Waals surface area contributed by atoms with E-state index in [4.69, 9.17) is 4.74 Å². The number of nitrogens with zero attached hydrogens (tertiary/aromatic N) is 1. The van der Waals surface area contributed by atoms with Gasteiger partial charge in [0.15, 0.2) is 9.84 Å². The summed E-state index contributed by atoms with van der Waals surface area (Å²) in [5, 5.41) is 3.05. The molecule has 7 heteroatoms. The number of hydrogen-bond acceptors (Lipinski definition) is 5. The van der Waals surface area contributed by atoms with Crippen LogP contribution in [0.5, 0.6) is 0 Å². The van der Waals surface area contributed by atoms with Crippen molar-refractivity contribution in [3.8, 4) is 0 Å². The molecule has 106 valence electrons. The van der Waals surface area contributed by atoms with E-state index in [1.54, 1.807) is 11.3 Å². The molecule has 1 amide bonds. The van der Waals surface area contributed by atoms with Crippen molar-refractivity contribution in [2.24, 2.45) is 0 Å². The summed E-state index contributed by atoms with van der Waals surface area (Å²) in [5.74, 6) is -0.143. The van der Waals surface area contributed by atoms with E-state index in [-0.39, 0.29) is 12.3 Å². The lowest BCUT2D eigenvalue weighted by Crippen LogP contribution is -2.27. The lowest BCUT2D eigenvalue weighted by Gasteiger charge is -2.12. The van der Waals surface area contributed by atoms with Crippen LogP contribution in [0.25, 0.3) is 10.1 Å². The molecule has 1 saturated heterocycles. The van der Waals surface area contributed by atoms with Gasteiger partial charge in [-0.25, -0.2) is 13.2 Å². The van der Waals surface area contributed by atoms with E-state index in [0.717, 1.165) is 22.0 Å². The third-order valence-corrected chi connectivity index (χ3v) is 4.99. The number of rotatable bonds is 3. The zero-order valence-electron chi connectivity index (χ0n) is 10.8. The normalized spacial score (nSPS) is 19.6. The molecule has 0 unspecified atom stereocenters. The van der Waals surface area contributed by atoms with Gasteiger partial charge in [0.05, 0.1) is 12.3 Å². The molecule has 0 bridgehead atoms. The van der Waals surface area contributed by atoms with Crippen LogP contribution in [0.3, 0.4) is 0 Å². The van der Waals surface area contributed by atoms with Crippen LogP contribution in [-0.4, -0.2) is 39.2 Å². The van der Waals surface area contributed by atoms with Crippen molar-refractivity contribution in [3.63, 3.8) is 0 Å². The van der Waals surface area contributed by atoms with Crippen molar-refractivity contribution < 1.29 is 17.9 Å². The number of cyclic esters (lactones) is 1. The van der Waals surface area contributed by atoms with E-state index in [1.165, 1.54) is 4.90 Å². The minimum atomic E-state index is -3.16. The lowest BCUT2D eigenvalue weighted by molar-refractivity contribution is 0.151. The van der Waals surface area contributed by atoms with E-state index in [1.807, 2.05) is 29.6 Å². The molecule has 1 atom stereocenters. The second-order valence-corrected chi connectivity index (χ2v) is 7.98. The molecular formula is C13H13NO4S2. The largest absolute Gasteiger partial charge is 0.443 e. The predicted molar refractivity (Wildman–Crippen MR) is 79.2 cm³/mol. The minimum absolute atomic E-state index is 0.143. The fraction of sp³-hybridized carbons (Fsp3) is 0.308. The zero-order chi connectivity index (χ0) is 14.3. The van der Waals surface area contributed by atoms with E-state index < -0.39 is 22.0 Å². The average molecular weight is 311 g/mol. The summed E-state index contributed by atoms with van der Waals surface area (Å²) in [7, 11) is -3.16. The number of carbonyl (C=O) groups excluding carboxylic acids is 1. The molecule has 1 fully saturated rings. The summed E-state index contributed by atoms with van der Waals surface area (Å²) >= 11 is 1.63. The highest BCUT2D eigenvalue weighted by atomic mass is 32.2. The molecule has 20 heavy (non-hydrogen) atoms. The van der Waals surface area contributed by atoms with Gasteiger partial charge in [0.2, 0.25) is 0 Å². The Morgan fingerprint density at radius 3 is 2.95 bits per heavy atom. The van der Waals surface area contributed by atoms with Gasteiger partial charge in [0.25, 0.3) is 0 Å². The molecule has 0 N–H and O–H groups in total. The number of sulfone groups is 1. The number of benzene rings is 1. The van der Waals surface area contributed by atoms with Crippen molar-refractivity contribution >= 4 is 43.0 Å². The molecule has 1 aromatic heterocycles. The molecule has 2 heterocycles. The summed E-state index contributed by atoms with van der Waals surface area (Å²) in [5.41, 5.74) is 0.733. The molecule has 1 aliphatic heterocycles. The first-order chi connectivity index (χ1) is 9.42. The maximum atomic E-state index is 11.9. The molecule has 0 radical (unpaired) electrons.